The molecule has 1 N–H and O–H groups in total. The second kappa shape index (κ2) is 5.12. The summed E-state index contributed by atoms with van der Waals surface area (Å²) in [6.07, 6.45) is -0.774. The molecule has 8 heteroatoms. The molecule has 0 spiro atoms. The standard InChI is InChI=1S/C12H17N3O5/c1-12(2,3)19-11(18)20-14-4-5-15-8(7-14)6-9(13-15)10(16)17/h6H,4-5,7H2,1-3H3,(H,16,17). The average Bonchev–Trinajstić information content (AvgIpc) is 2.69. The highest BCUT2D eigenvalue weighted by Gasteiger charge is 2.25. The van der Waals surface area contributed by atoms with Crippen LogP contribution < -0.4 is 0 Å². The summed E-state index contributed by atoms with van der Waals surface area (Å²) in [5.74, 6) is -1.08. The highest BCUT2D eigenvalue weighted by atomic mass is 16.8. The largest absolute Gasteiger partial charge is 0.528 e. The number of hydrogen-bond donors (Lipinski definition) is 1. The van der Waals surface area contributed by atoms with Crippen LogP contribution in [0.5, 0.6) is 0 Å². The van der Waals surface area contributed by atoms with Crippen molar-refractivity contribution < 1.29 is 24.3 Å². The van der Waals surface area contributed by atoms with E-state index >= 15 is 0 Å². The van der Waals surface area contributed by atoms with Crippen molar-refractivity contribution in [1.82, 2.24) is 14.8 Å². The lowest BCUT2D eigenvalue weighted by atomic mass is 10.2. The Labute approximate surface area is 115 Å². The topological polar surface area (TPSA) is 93.9 Å². The molecule has 0 aliphatic carbocycles. The van der Waals surface area contributed by atoms with Gasteiger partial charge in [-0.25, -0.2) is 9.59 Å². The van der Waals surface area contributed by atoms with Gasteiger partial charge in [-0.05, 0) is 26.8 Å². The molecule has 0 saturated carbocycles. The van der Waals surface area contributed by atoms with Crippen molar-refractivity contribution in [3.05, 3.63) is 17.5 Å². The number of carbonyl (C=O) groups excluding carboxylic acids is 1. The van der Waals surface area contributed by atoms with Gasteiger partial charge >= 0.3 is 12.1 Å². The minimum absolute atomic E-state index is 0.0147. The van der Waals surface area contributed by atoms with Gasteiger partial charge in [0.15, 0.2) is 5.69 Å². The number of nitrogens with zero attached hydrogens (tertiary/aromatic N) is 3. The molecule has 2 heterocycles. The number of hydroxylamine groups is 2. The first-order valence-electron chi connectivity index (χ1n) is 6.20. The van der Waals surface area contributed by atoms with Crippen molar-refractivity contribution in [3.8, 4) is 0 Å². The third-order valence-electron chi connectivity index (χ3n) is 2.58. The van der Waals surface area contributed by atoms with Gasteiger partial charge in [-0.15, -0.1) is 5.06 Å². The SMILES string of the molecule is CC(C)(C)OC(=O)ON1CCn2nc(C(=O)O)cc2C1. The number of carboxylic acids is 1. The molecule has 0 amide bonds. The second-order valence-corrected chi connectivity index (χ2v) is 5.47. The van der Waals surface area contributed by atoms with E-state index in [0.717, 1.165) is 0 Å². The van der Waals surface area contributed by atoms with Crippen LogP contribution in [0.3, 0.4) is 0 Å². The highest BCUT2D eigenvalue weighted by Crippen LogP contribution is 2.16. The molecule has 1 aliphatic heterocycles. The summed E-state index contributed by atoms with van der Waals surface area (Å²) in [5.41, 5.74) is 0.0433. The first-order chi connectivity index (χ1) is 9.24. The summed E-state index contributed by atoms with van der Waals surface area (Å²) in [7, 11) is 0. The molecule has 0 radical (unpaired) electrons. The molecule has 0 bridgehead atoms. The third kappa shape index (κ3) is 3.47. The van der Waals surface area contributed by atoms with Crippen LogP contribution in [-0.4, -0.2) is 44.2 Å². The Morgan fingerprint density at radius 3 is 2.65 bits per heavy atom. The fourth-order valence-corrected chi connectivity index (χ4v) is 1.80. The second-order valence-electron chi connectivity index (χ2n) is 5.47. The zero-order valence-corrected chi connectivity index (χ0v) is 11.6. The van der Waals surface area contributed by atoms with E-state index < -0.39 is 17.7 Å². The molecular formula is C12H17N3O5. The van der Waals surface area contributed by atoms with E-state index in [1.807, 2.05) is 0 Å². The van der Waals surface area contributed by atoms with Gasteiger partial charge in [0.1, 0.15) is 5.60 Å². The fraction of sp³-hybridized carbons (Fsp3) is 0.583. The predicted molar refractivity (Wildman–Crippen MR) is 66.9 cm³/mol. The van der Waals surface area contributed by atoms with E-state index in [-0.39, 0.29) is 12.2 Å². The minimum Gasteiger partial charge on any atom is -0.476 e. The lowest BCUT2D eigenvalue weighted by Gasteiger charge is -2.27. The van der Waals surface area contributed by atoms with Crippen LogP contribution in [0, 0.1) is 0 Å². The zero-order chi connectivity index (χ0) is 14.9. The van der Waals surface area contributed by atoms with Crippen molar-refractivity contribution in [3.63, 3.8) is 0 Å². The number of carboxylic acid groups (broad SMARTS) is 1. The van der Waals surface area contributed by atoms with Gasteiger partial charge in [-0.2, -0.15) is 5.10 Å². The summed E-state index contributed by atoms with van der Waals surface area (Å²) in [6.45, 7) is 6.40. The molecule has 1 aromatic rings. The van der Waals surface area contributed by atoms with Gasteiger partial charge in [-0.1, -0.05) is 0 Å². The number of aromatic carboxylic acids is 1. The summed E-state index contributed by atoms with van der Waals surface area (Å²) in [6, 6.07) is 1.47. The Hall–Kier alpha value is -2.09. The van der Waals surface area contributed by atoms with E-state index in [1.165, 1.54) is 11.1 Å². The Morgan fingerprint density at radius 1 is 1.35 bits per heavy atom. The van der Waals surface area contributed by atoms with Gasteiger partial charge in [0, 0.05) is 0 Å². The molecule has 0 atom stereocenters. The molecule has 8 nitrogen and oxygen atoms in total. The van der Waals surface area contributed by atoms with E-state index in [9.17, 15) is 9.59 Å². The van der Waals surface area contributed by atoms with E-state index in [2.05, 4.69) is 5.10 Å². The average molecular weight is 283 g/mol. The van der Waals surface area contributed by atoms with Crippen LogP contribution in [0.4, 0.5) is 4.79 Å². The van der Waals surface area contributed by atoms with Gasteiger partial charge in [0.2, 0.25) is 0 Å². The van der Waals surface area contributed by atoms with Gasteiger partial charge in [-0.3, -0.25) is 4.68 Å². The van der Waals surface area contributed by atoms with Crippen molar-refractivity contribution in [1.29, 1.82) is 0 Å². The van der Waals surface area contributed by atoms with Crippen molar-refractivity contribution in [2.75, 3.05) is 6.54 Å². The van der Waals surface area contributed by atoms with Crippen molar-refractivity contribution in [2.24, 2.45) is 0 Å². The summed E-state index contributed by atoms with van der Waals surface area (Å²) < 4.78 is 6.65. The smallest absolute Gasteiger partial charge is 0.476 e. The molecule has 20 heavy (non-hydrogen) atoms. The Morgan fingerprint density at radius 2 is 2.05 bits per heavy atom. The Bertz CT molecular complexity index is 532. The summed E-state index contributed by atoms with van der Waals surface area (Å²) in [5, 5.41) is 14.2. The van der Waals surface area contributed by atoms with Crippen LogP contribution >= 0.6 is 0 Å². The predicted octanol–water partition coefficient (Wildman–Crippen LogP) is 1.26. The number of rotatable bonds is 2. The van der Waals surface area contributed by atoms with Crippen LogP contribution in [0.15, 0.2) is 6.07 Å². The van der Waals surface area contributed by atoms with Crippen molar-refractivity contribution in [2.45, 2.75) is 39.5 Å². The normalized spacial score (nSPS) is 15.6. The molecule has 0 fully saturated rings. The van der Waals surface area contributed by atoms with E-state index in [0.29, 0.717) is 18.8 Å². The summed E-state index contributed by atoms with van der Waals surface area (Å²) in [4.78, 5) is 27.5. The molecule has 1 aliphatic rings. The van der Waals surface area contributed by atoms with Crippen LogP contribution in [0.2, 0.25) is 0 Å². The maximum atomic E-state index is 11.5. The number of carbonyl (C=O) groups is 2. The summed E-state index contributed by atoms with van der Waals surface area (Å²) >= 11 is 0. The highest BCUT2D eigenvalue weighted by molar-refractivity contribution is 5.85. The van der Waals surface area contributed by atoms with Crippen LogP contribution in [-0.2, 0) is 22.7 Å². The lowest BCUT2D eigenvalue weighted by Crippen LogP contribution is -2.37. The molecule has 2 rings (SSSR count). The lowest BCUT2D eigenvalue weighted by molar-refractivity contribution is -0.156. The van der Waals surface area contributed by atoms with Gasteiger partial charge < -0.3 is 14.7 Å². The van der Waals surface area contributed by atoms with Crippen LogP contribution in [0.25, 0.3) is 0 Å². The zero-order valence-electron chi connectivity index (χ0n) is 11.6. The number of fused-ring (bicyclic) bond motifs is 1. The molecular weight excluding hydrogens is 266 g/mol. The first kappa shape index (κ1) is 14.3. The molecule has 0 saturated heterocycles. The van der Waals surface area contributed by atoms with Crippen molar-refractivity contribution >= 4 is 12.1 Å². The number of ether oxygens (including phenoxy) is 1. The van der Waals surface area contributed by atoms with E-state index in [1.54, 1.807) is 25.5 Å². The third-order valence-corrected chi connectivity index (χ3v) is 2.58. The minimum atomic E-state index is -1.08. The van der Waals surface area contributed by atoms with Gasteiger partial charge in [0.25, 0.3) is 0 Å². The number of aromatic nitrogens is 2. The molecule has 0 aromatic carbocycles. The van der Waals surface area contributed by atoms with Crippen LogP contribution in [0.1, 0.15) is 37.0 Å². The quantitative estimate of drug-likeness (QED) is 0.816. The van der Waals surface area contributed by atoms with E-state index in [4.69, 9.17) is 14.7 Å². The monoisotopic (exact) mass is 283 g/mol. The fourth-order valence-electron chi connectivity index (χ4n) is 1.80. The molecule has 1 aromatic heterocycles. The maximum absolute atomic E-state index is 11.5. The van der Waals surface area contributed by atoms with Gasteiger partial charge in [0.05, 0.1) is 25.3 Å². The molecule has 0 unspecified atom stereocenters. The molecule has 110 valence electrons. The first-order valence-corrected chi connectivity index (χ1v) is 6.20. The Balaban J connectivity index is 1.97. The maximum Gasteiger partial charge on any atom is 0.528 e. The Kier molecular flexibility index (Phi) is 3.67. The number of hydrogen-bond acceptors (Lipinski definition) is 6.